The lowest BCUT2D eigenvalue weighted by molar-refractivity contribution is 0.883. The van der Waals surface area contributed by atoms with Crippen LogP contribution in [0.2, 0.25) is 0 Å². The van der Waals surface area contributed by atoms with Gasteiger partial charge in [0.25, 0.3) is 0 Å². The van der Waals surface area contributed by atoms with Gasteiger partial charge in [0.15, 0.2) is 0 Å². The first kappa shape index (κ1) is 6.91. The molecule has 0 aliphatic carbocycles. The first-order valence-corrected chi connectivity index (χ1v) is 3.72. The van der Waals surface area contributed by atoms with Gasteiger partial charge in [-0.2, -0.15) is 5.10 Å². The predicted octanol–water partition coefficient (Wildman–Crippen LogP) is 1.45. The Balaban J connectivity index is 2.55. The minimum atomic E-state index is 0.737. The molecule has 0 saturated carbocycles. The summed E-state index contributed by atoms with van der Waals surface area (Å²) in [5, 5.41) is 4.08. The number of nitrogen functional groups attached to an aromatic ring is 1. The molecule has 0 spiro atoms. The van der Waals surface area contributed by atoms with Gasteiger partial charge in [0.05, 0.1) is 11.4 Å². The van der Waals surface area contributed by atoms with Gasteiger partial charge in [0.1, 0.15) is 0 Å². The van der Waals surface area contributed by atoms with Crippen molar-refractivity contribution in [1.82, 2.24) is 9.78 Å². The molecule has 2 rings (SSSR count). The van der Waals surface area contributed by atoms with E-state index in [1.54, 1.807) is 10.9 Å². The Morgan fingerprint density at radius 2 is 2.00 bits per heavy atom. The lowest BCUT2D eigenvalue weighted by Crippen LogP contribution is -1.98. The van der Waals surface area contributed by atoms with Gasteiger partial charge in [-0.3, -0.25) is 0 Å². The number of nitrogens with two attached hydrogens (primary N) is 1. The second-order valence-electron chi connectivity index (χ2n) is 2.51. The maximum atomic E-state index is 5.75. The molecule has 2 N–H and O–H groups in total. The van der Waals surface area contributed by atoms with Crippen LogP contribution in [0.4, 0.5) is 5.69 Å². The molecule has 60 valence electrons. The Morgan fingerprint density at radius 3 is 2.67 bits per heavy atom. The van der Waals surface area contributed by atoms with E-state index >= 15 is 0 Å². The Kier molecular flexibility index (Phi) is 1.55. The molecular formula is C9H9N3. The quantitative estimate of drug-likeness (QED) is 0.640. The number of hydrogen-bond donors (Lipinski definition) is 1. The van der Waals surface area contributed by atoms with E-state index in [0.29, 0.717) is 0 Å². The summed E-state index contributed by atoms with van der Waals surface area (Å²) in [5.74, 6) is 0. The van der Waals surface area contributed by atoms with Crippen molar-refractivity contribution >= 4 is 5.69 Å². The first-order valence-electron chi connectivity index (χ1n) is 3.72. The maximum absolute atomic E-state index is 5.75. The highest BCUT2D eigenvalue weighted by Gasteiger charge is 1.98. The van der Waals surface area contributed by atoms with Gasteiger partial charge in [-0.15, -0.1) is 0 Å². The zero-order chi connectivity index (χ0) is 8.39. The molecule has 1 heterocycles. The minimum absolute atomic E-state index is 0.737. The van der Waals surface area contributed by atoms with E-state index in [2.05, 4.69) is 5.10 Å². The lowest BCUT2D eigenvalue weighted by atomic mass is 10.3. The molecule has 0 saturated heterocycles. The minimum Gasteiger partial charge on any atom is -0.397 e. The second kappa shape index (κ2) is 2.70. The van der Waals surface area contributed by atoms with E-state index < -0.39 is 0 Å². The summed E-state index contributed by atoms with van der Waals surface area (Å²) in [5.41, 5.74) is 7.41. The monoisotopic (exact) mass is 159 g/mol. The largest absolute Gasteiger partial charge is 0.397 e. The molecule has 0 amide bonds. The Bertz CT molecular complexity index is 365. The molecule has 0 atom stereocenters. The second-order valence-corrected chi connectivity index (χ2v) is 2.51. The van der Waals surface area contributed by atoms with Crippen molar-refractivity contribution in [3.63, 3.8) is 0 Å². The van der Waals surface area contributed by atoms with Crippen molar-refractivity contribution in [1.29, 1.82) is 0 Å². The third kappa shape index (κ3) is 1.05. The summed E-state index contributed by atoms with van der Waals surface area (Å²) >= 11 is 0. The van der Waals surface area contributed by atoms with Gasteiger partial charge in [0.2, 0.25) is 0 Å². The van der Waals surface area contributed by atoms with Crippen LogP contribution in [-0.2, 0) is 0 Å². The smallest absolute Gasteiger partial charge is 0.0874 e. The highest BCUT2D eigenvalue weighted by Crippen LogP contribution is 2.14. The van der Waals surface area contributed by atoms with E-state index in [4.69, 9.17) is 5.73 Å². The molecule has 2 aromatic rings. The number of hydrogen-bond acceptors (Lipinski definition) is 2. The lowest BCUT2D eigenvalue weighted by Gasteiger charge is -2.03. The molecule has 1 aromatic carbocycles. The zero-order valence-corrected chi connectivity index (χ0v) is 6.51. The topological polar surface area (TPSA) is 43.8 Å². The van der Waals surface area contributed by atoms with Crippen LogP contribution in [0.3, 0.4) is 0 Å². The van der Waals surface area contributed by atoms with Crippen molar-refractivity contribution < 1.29 is 0 Å². The molecule has 0 aliphatic rings. The molecular weight excluding hydrogens is 150 g/mol. The zero-order valence-electron chi connectivity index (χ0n) is 6.51. The van der Waals surface area contributed by atoms with Crippen LogP contribution in [0.5, 0.6) is 0 Å². The summed E-state index contributed by atoms with van der Waals surface area (Å²) in [6.07, 6.45) is 3.60. The van der Waals surface area contributed by atoms with E-state index in [1.807, 2.05) is 36.5 Å². The average molecular weight is 159 g/mol. The number of para-hydroxylation sites is 2. The van der Waals surface area contributed by atoms with E-state index in [-0.39, 0.29) is 0 Å². The van der Waals surface area contributed by atoms with Crippen molar-refractivity contribution in [3.05, 3.63) is 42.7 Å². The molecule has 0 unspecified atom stereocenters. The van der Waals surface area contributed by atoms with Gasteiger partial charge in [-0.05, 0) is 18.2 Å². The van der Waals surface area contributed by atoms with Crippen LogP contribution < -0.4 is 5.73 Å². The maximum Gasteiger partial charge on any atom is 0.0874 e. The fourth-order valence-electron chi connectivity index (χ4n) is 1.11. The molecule has 12 heavy (non-hydrogen) atoms. The van der Waals surface area contributed by atoms with Crippen molar-refractivity contribution in [2.45, 2.75) is 0 Å². The Hall–Kier alpha value is -1.77. The summed E-state index contributed by atoms with van der Waals surface area (Å²) in [6, 6.07) is 9.50. The average Bonchev–Trinajstić information content (AvgIpc) is 2.57. The summed E-state index contributed by atoms with van der Waals surface area (Å²) in [6.45, 7) is 0. The standard InChI is InChI=1S/C9H9N3/c10-8-4-1-2-5-9(8)12-7-3-6-11-12/h1-7H,10H2. The van der Waals surface area contributed by atoms with Gasteiger partial charge >= 0.3 is 0 Å². The molecule has 0 bridgehead atoms. The third-order valence-electron chi connectivity index (χ3n) is 1.69. The van der Waals surface area contributed by atoms with E-state index in [0.717, 1.165) is 11.4 Å². The van der Waals surface area contributed by atoms with E-state index in [1.165, 1.54) is 0 Å². The molecule has 0 radical (unpaired) electrons. The fourth-order valence-corrected chi connectivity index (χ4v) is 1.11. The number of aromatic nitrogens is 2. The van der Waals surface area contributed by atoms with Crippen LogP contribution in [0.1, 0.15) is 0 Å². The van der Waals surface area contributed by atoms with Gasteiger partial charge in [-0.1, -0.05) is 12.1 Å². The molecule has 1 aromatic heterocycles. The normalized spacial score (nSPS) is 10.0. The van der Waals surface area contributed by atoms with Crippen LogP contribution >= 0.6 is 0 Å². The van der Waals surface area contributed by atoms with Crippen LogP contribution in [-0.4, -0.2) is 9.78 Å². The predicted molar refractivity (Wildman–Crippen MR) is 48.0 cm³/mol. The molecule has 0 fully saturated rings. The van der Waals surface area contributed by atoms with E-state index in [9.17, 15) is 0 Å². The number of benzene rings is 1. The van der Waals surface area contributed by atoms with Gasteiger partial charge < -0.3 is 5.73 Å². The summed E-state index contributed by atoms with van der Waals surface area (Å²) in [7, 11) is 0. The highest BCUT2D eigenvalue weighted by molar-refractivity contribution is 5.56. The molecule has 3 nitrogen and oxygen atoms in total. The number of nitrogens with zero attached hydrogens (tertiary/aromatic N) is 2. The third-order valence-corrected chi connectivity index (χ3v) is 1.69. The fraction of sp³-hybridized carbons (Fsp3) is 0. The van der Waals surface area contributed by atoms with Crippen molar-refractivity contribution in [2.75, 3.05) is 5.73 Å². The summed E-state index contributed by atoms with van der Waals surface area (Å²) in [4.78, 5) is 0. The van der Waals surface area contributed by atoms with Crippen LogP contribution in [0.25, 0.3) is 5.69 Å². The van der Waals surface area contributed by atoms with Gasteiger partial charge in [-0.25, -0.2) is 4.68 Å². The van der Waals surface area contributed by atoms with Crippen LogP contribution in [0, 0.1) is 0 Å². The number of rotatable bonds is 1. The first-order chi connectivity index (χ1) is 5.88. The molecule has 0 aliphatic heterocycles. The number of anilines is 1. The van der Waals surface area contributed by atoms with Crippen molar-refractivity contribution in [3.8, 4) is 5.69 Å². The van der Waals surface area contributed by atoms with Crippen molar-refractivity contribution in [2.24, 2.45) is 0 Å². The molecule has 3 heteroatoms. The SMILES string of the molecule is Nc1ccccc1-n1cccn1. The van der Waals surface area contributed by atoms with Gasteiger partial charge in [0, 0.05) is 12.4 Å². The Labute approximate surface area is 70.4 Å². The highest BCUT2D eigenvalue weighted by atomic mass is 15.3. The van der Waals surface area contributed by atoms with Crippen LogP contribution in [0.15, 0.2) is 42.7 Å². The Morgan fingerprint density at radius 1 is 1.17 bits per heavy atom. The summed E-state index contributed by atoms with van der Waals surface area (Å²) < 4.78 is 1.75.